The summed E-state index contributed by atoms with van der Waals surface area (Å²) < 4.78 is 15.6. The second-order valence-electron chi connectivity index (χ2n) is 5.90. The van der Waals surface area contributed by atoms with Gasteiger partial charge in [-0.3, -0.25) is 9.48 Å². The van der Waals surface area contributed by atoms with Gasteiger partial charge in [-0.25, -0.2) is 4.39 Å². The number of anilines is 1. The molecule has 0 aliphatic carbocycles. The number of nitrogens with one attached hydrogen (secondary N) is 1. The number of carbonyl (C=O) groups excluding carboxylic acids is 1. The first kappa shape index (κ1) is 17.6. The largest absolute Gasteiger partial charge is 0.319 e. The Bertz CT molecular complexity index is 948. The van der Waals surface area contributed by atoms with Crippen molar-refractivity contribution in [2.24, 2.45) is 0 Å². The molecule has 1 N–H and O–H groups in total. The maximum atomic E-state index is 13.8. The number of benzene rings is 1. The van der Waals surface area contributed by atoms with Gasteiger partial charge >= 0.3 is 0 Å². The van der Waals surface area contributed by atoms with Gasteiger partial charge < -0.3 is 5.32 Å². The smallest absolute Gasteiger partial charge is 0.265 e. The molecular weight excluding hydrogens is 361 g/mol. The zero-order valence-electron chi connectivity index (χ0n) is 14.1. The molecule has 3 rings (SSSR count). The van der Waals surface area contributed by atoms with Crippen molar-refractivity contribution in [2.75, 3.05) is 5.32 Å². The summed E-state index contributed by atoms with van der Waals surface area (Å²) in [5.41, 5.74) is 3.68. The zero-order chi connectivity index (χ0) is 18.1. The third kappa shape index (κ3) is 3.75. The fourth-order valence-corrected chi connectivity index (χ4v) is 3.43. The van der Waals surface area contributed by atoms with Crippen molar-refractivity contribution < 1.29 is 9.18 Å². The number of hydrogen-bond donors (Lipinski definition) is 1. The van der Waals surface area contributed by atoms with E-state index in [1.54, 1.807) is 18.2 Å². The minimum absolute atomic E-state index is 0.185. The summed E-state index contributed by atoms with van der Waals surface area (Å²) in [4.78, 5) is 12.9. The quantitative estimate of drug-likeness (QED) is 0.698. The van der Waals surface area contributed by atoms with E-state index in [0.717, 1.165) is 22.5 Å². The molecule has 7 heteroatoms. The Morgan fingerprint density at radius 3 is 2.76 bits per heavy atom. The predicted octanol–water partition coefficient (Wildman–Crippen LogP) is 4.96. The second kappa shape index (κ2) is 6.98. The molecule has 0 bridgehead atoms. The predicted molar refractivity (Wildman–Crippen MR) is 99.2 cm³/mol. The van der Waals surface area contributed by atoms with Gasteiger partial charge in [-0.2, -0.15) is 5.10 Å². The fourth-order valence-electron chi connectivity index (χ4n) is 2.50. The van der Waals surface area contributed by atoms with E-state index >= 15 is 0 Å². The minimum Gasteiger partial charge on any atom is -0.319 e. The summed E-state index contributed by atoms with van der Waals surface area (Å²) in [5.74, 6) is -0.778. The van der Waals surface area contributed by atoms with Crippen LogP contribution in [0.4, 0.5) is 10.1 Å². The van der Waals surface area contributed by atoms with Crippen LogP contribution in [0, 0.1) is 26.6 Å². The zero-order valence-corrected chi connectivity index (χ0v) is 15.6. The van der Waals surface area contributed by atoms with Crippen LogP contribution in [-0.4, -0.2) is 15.7 Å². The van der Waals surface area contributed by atoms with Crippen LogP contribution in [0.15, 0.2) is 29.6 Å². The standard InChI is InChI=1S/C18H17ClFN3OS/c1-10-4-5-14(20)15(6-10)21-18(24)16-7-13(9-25-16)8-23-12(3)17(19)11(2)22-23/h4-7,9H,8H2,1-3H3,(H,21,24). The molecule has 130 valence electrons. The Morgan fingerprint density at radius 2 is 2.08 bits per heavy atom. The van der Waals surface area contributed by atoms with E-state index in [1.165, 1.54) is 17.4 Å². The van der Waals surface area contributed by atoms with Gasteiger partial charge in [-0.15, -0.1) is 11.3 Å². The lowest BCUT2D eigenvalue weighted by Gasteiger charge is -2.06. The van der Waals surface area contributed by atoms with E-state index in [-0.39, 0.29) is 11.6 Å². The van der Waals surface area contributed by atoms with E-state index in [1.807, 2.05) is 30.8 Å². The SMILES string of the molecule is Cc1ccc(F)c(NC(=O)c2cc(Cn3nc(C)c(Cl)c3C)cs2)c1. The number of thiophene rings is 1. The molecule has 0 saturated heterocycles. The number of halogens is 2. The van der Waals surface area contributed by atoms with Gasteiger partial charge in [0.2, 0.25) is 0 Å². The number of hydrogen-bond acceptors (Lipinski definition) is 3. The van der Waals surface area contributed by atoms with Gasteiger partial charge in [-0.1, -0.05) is 17.7 Å². The molecule has 2 heterocycles. The maximum absolute atomic E-state index is 13.8. The van der Waals surface area contributed by atoms with Crippen LogP contribution in [0.1, 0.15) is 32.2 Å². The second-order valence-corrected chi connectivity index (χ2v) is 7.19. The highest BCUT2D eigenvalue weighted by molar-refractivity contribution is 7.12. The van der Waals surface area contributed by atoms with Gasteiger partial charge in [0.1, 0.15) is 5.82 Å². The minimum atomic E-state index is -0.451. The van der Waals surface area contributed by atoms with E-state index < -0.39 is 5.82 Å². The molecule has 0 saturated carbocycles. The topological polar surface area (TPSA) is 46.9 Å². The Balaban J connectivity index is 1.75. The highest BCUT2D eigenvalue weighted by Crippen LogP contribution is 2.23. The monoisotopic (exact) mass is 377 g/mol. The summed E-state index contributed by atoms with van der Waals surface area (Å²) in [5, 5.41) is 9.56. The summed E-state index contributed by atoms with van der Waals surface area (Å²) in [6.07, 6.45) is 0. The highest BCUT2D eigenvalue weighted by atomic mass is 35.5. The molecule has 25 heavy (non-hydrogen) atoms. The Labute approximate surface area is 154 Å². The summed E-state index contributed by atoms with van der Waals surface area (Å²) in [6.45, 7) is 6.14. The lowest BCUT2D eigenvalue weighted by atomic mass is 10.2. The van der Waals surface area contributed by atoms with Crippen LogP contribution in [0.25, 0.3) is 0 Å². The summed E-state index contributed by atoms with van der Waals surface area (Å²) >= 11 is 7.47. The normalized spacial score (nSPS) is 10.9. The number of rotatable bonds is 4. The van der Waals surface area contributed by atoms with Crippen LogP contribution in [0.2, 0.25) is 5.02 Å². The first-order valence-corrected chi connectivity index (χ1v) is 8.95. The number of aryl methyl sites for hydroxylation is 2. The van der Waals surface area contributed by atoms with E-state index in [4.69, 9.17) is 11.6 Å². The highest BCUT2D eigenvalue weighted by Gasteiger charge is 2.14. The van der Waals surface area contributed by atoms with Crippen LogP contribution < -0.4 is 5.32 Å². The molecule has 0 radical (unpaired) electrons. The molecular formula is C18H17ClFN3OS. The molecule has 3 aromatic rings. The third-order valence-corrected chi connectivity index (χ3v) is 5.40. The molecule has 0 atom stereocenters. The van der Waals surface area contributed by atoms with E-state index in [0.29, 0.717) is 16.4 Å². The van der Waals surface area contributed by atoms with Crippen molar-refractivity contribution in [3.05, 3.63) is 67.9 Å². The number of carbonyl (C=O) groups is 1. The lowest BCUT2D eigenvalue weighted by molar-refractivity contribution is 0.103. The van der Waals surface area contributed by atoms with Gasteiger partial charge in [0, 0.05) is 0 Å². The molecule has 1 aromatic carbocycles. The molecule has 4 nitrogen and oxygen atoms in total. The van der Waals surface area contributed by atoms with Gasteiger partial charge in [0.05, 0.1) is 33.5 Å². The van der Waals surface area contributed by atoms with E-state index in [2.05, 4.69) is 10.4 Å². The number of aromatic nitrogens is 2. The Hall–Kier alpha value is -2.18. The average Bonchev–Trinajstić information content (AvgIpc) is 3.13. The first-order valence-electron chi connectivity index (χ1n) is 7.69. The first-order chi connectivity index (χ1) is 11.8. The maximum Gasteiger partial charge on any atom is 0.265 e. The van der Waals surface area contributed by atoms with Gasteiger partial charge in [-0.05, 0) is 55.5 Å². The van der Waals surface area contributed by atoms with Gasteiger partial charge in [0.25, 0.3) is 5.91 Å². The van der Waals surface area contributed by atoms with Crippen LogP contribution in [-0.2, 0) is 6.54 Å². The third-order valence-electron chi connectivity index (χ3n) is 3.87. The van der Waals surface area contributed by atoms with Crippen molar-refractivity contribution in [3.63, 3.8) is 0 Å². The number of amides is 1. The molecule has 1 amide bonds. The fraction of sp³-hybridized carbons (Fsp3) is 0.222. The lowest BCUT2D eigenvalue weighted by Crippen LogP contribution is -2.11. The number of nitrogens with zero attached hydrogens (tertiary/aromatic N) is 2. The molecule has 0 spiro atoms. The molecule has 0 aliphatic heterocycles. The van der Waals surface area contributed by atoms with Crippen molar-refractivity contribution in [1.82, 2.24) is 9.78 Å². The van der Waals surface area contributed by atoms with Crippen molar-refractivity contribution in [1.29, 1.82) is 0 Å². The van der Waals surface area contributed by atoms with Crippen LogP contribution in [0.3, 0.4) is 0 Å². The molecule has 0 fully saturated rings. The molecule has 0 aliphatic rings. The van der Waals surface area contributed by atoms with Crippen LogP contribution >= 0.6 is 22.9 Å². The molecule has 2 aromatic heterocycles. The van der Waals surface area contributed by atoms with Crippen LogP contribution in [0.5, 0.6) is 0 Å². The van der Waals surface area contributed by atoms with Crippen molar-refractivity contribution in [3.8, 4) is 0 Å². The van der Waals surface area contributed by atoms with E-state index in [9.17, 15) is 9.18 Å². The summed E-state index contributed by atoms with van der Waals surface area (Å²) in [7, 11) is 0. The van der Waals surface area contributed by atoms with Crippen molar-refractivity contribution >= 4 is 34.5 Å². The summed E-state index contributed by atoms with van der Waals surface area (Å²) in [6, 6.07) is 6.41. The van der Waals surface area contributed by atoms with Crippen molar-refractivity contribution in [2.45, 2.75) is 27.3 Å². The average molecular weight is 378 g/mol. The molecule has 0 unspecified atom stereocenters. The Morgan fingerprint density at radius 1 is 1.32 bits per heavy atom. The van der Waals surface area contributed by atoms with Gasteiger partial charge in [0.15, 0.2) is 0 Å². The Kier molecular flexibility index (Phi) is 4.92.